The highest BCUT2D eigenvalue weighted by Crippen LogP contribution is 2.34. The van der Waals surface area contributed by atoms with E-state index in [0.29, 0.717) is 28.7 Å². The van der Waals surface area contributed by atoms with Gasteiger partial charge in [-0.15, -0.1) is 0 Å². The molecule has 0 bridgehead atoms. The Morgan fingerprint density at radius 1 is 0.900 bits per heavy atom. The number of nitrogens with two attached hydrogens (primary N) is 1. The van der Waals surface area contributed by atoms with Crippen LogP contribution in [0.5, 0.6) is 0 Å². The van der Waals surface area contributed by atoms with E-state index in [2.05, 4.69) is 16.0 Å². The Bertz CT molecular complexity index is 1500. The summed E-state index contributed by atoms with van der Waals surface area (Å²) in [6.45, 7) is 7.86. The van der Waals surface area contributed by atoms with E-state index >= 15 is 0 Å². The van der Waals surface area contributed by atoms with Crippen molar-refractivity contribution in [3.8, 4) is 0 Å². The SMILES string of the molecule is Cc1oc2c(C)c3oc(=O)c(CCC(=O)N[C@@H](CCCNC(N)=O)C(=O)NCCCC(=O)O)c(C)c3cc2c1C. The molecule has 6 N–H and O–H groups in total. The molecule has 1 atom stereocenters. The minimum Gasteiger partial charge on any atom is -0.481 e. The first-order valence-electron chi connectivity index (χ1n) is 13.2. The number of rotatable bonds is 13. The molecule has 3 aromatic rings. The predicted molar refractivity (Wildman–Crippen MR) is 148 cm³/mol. The minimum atomic E-state index is -0.973. The summed E-state index contributed by atoms with van der Waals surface area (Å²) in [4.78, 5) is 60.1. The van der Waals surface area contributed by atoms with Gasteiger partial charge in [0.25, 0.3) is 0 Å². The Morgan fingerprint density at radius 3 is 2.23 bits per heavy atom. The maximum absolute atomic E-state index is 12.9. The first-order valence-corrected chi connectivity index (χ1v) is 13.2. The van der Waals surface area contributed by atoms with Gasteiger partial charge in [0.05, 0.1) is 0 Å². The lowest BCUT2D eigenvalue weighted by molar-refractivity contribution is -0.137. The number of aryl methyl sites for hydroxylation is 4. The van der Waals surface area contributed by atoms with Crippen molar-refractivity contribution >= 4 is 45.8 Å². The van der Waals surface area contributed by atoms with Gasteiger partial charge in [0.1, 0.15) is 23.0 Å². The monoisotopic (exact) mass is 556 g/mol. The van der Waals surface area contributed by atoms with Crippen LogP contribution in [0.3, 0.4) is 0 Å². The second-order valence-corrected chi connectivity index (χ2v) is 9.87. The Labute approximate surface area is 230 Å². The third kappa shape index (κ3) is 7.19. The molecule has 40 heavy (non-hydrogen) atoms. The summed E-state index contributed by atoms with van der Waals surface area (Å²) in [5.41, 5.74) is 8.48. The van der Waals surface area contributed by atoms with Gasteiger partial charge in [-0.05, 0) is 70.6 Å². The molecule has 0 saturated carbocycles. The molecule has 1 aromatic carbocycles. The van der Waals surface area contributed by atoms with Gasteiger partial charge in [0, 0.05) is 47.8 Å². The van der Waals surface area contributed by atoms with Crippen molar-refractivity contribution in [2.45, 2.75) is 72.3 Å². The van der Waals surface area contributed by atoms with Gasteiger partial charge in [-0.2, -0.15) is 0 Å². The highest BCUT2D eigenvalue weighted by atomic mass is 16.4. The van der Waals surface area contributed by atoms with E-state index in [1.807, 2.05) is 33.8 Å². The fourth-order valence-electron chi connectivity index (χ4n) is 4.65. The predicted octanol–water partition coefficient (Wildman–Crippen LogP) is 2.62. The van der Waals surface area contributed by atoms with E-state index in [4.69, 9.17) is 19.7 Å². The molecule has 0 aliphatic rings. The summed E-state index contributed by atoms with van der Waals surface area (Å²) in [6.07, 6.45) is 0.762. The molecule has 12 heteroatoms. The number of hydrogen-bond donors (Lipinski definition) is 5. The molecular formula is C28H36N4O8. The molecule has 0 aliphatic carbocycles. The summed E-state index contributed by atoms with van der Waals surface area (Å²) in [5.74, 6) is -1.10. The molecule has 0 spiro atoms. The quantitative estimate of drug-likeness (QED) is 0.156. The first-order chi connectivity index (χ1) is 18.9. The molecule has 0 fully saturated rings. The van der Waals surface area contributed by atoms with Gasteiger partial charge in [0.2, 0.25) is 11.8 Å². The number of aliphatic carboxylic acids is 1. The van der Waals surface area contributed by atoms with Crippen LogP contribution >= 0.6 is 0 Å². The smallest absolute Gasteiger partial charge is 0.339 e. The van der Waals surface area contributed by atoms with Crippen molar-refractivity contribution < 1.29 is 33.1 Å². The highest BCUT2D eigenvalue weighted by molar-refractivity contribution is 6.00. The molecule has 0 radical (unpaired) electrons. The van der Waals surface area contributed by atoms with Gasteiger partial charge in [-0.1, -0.05) is 0 Å². The second-order valence-electron chi connectivity index (χ2n) is 9.87. The number of carboxylic acids is 1. The van der Waals surface area contributed by atoms with Crippen molar-refractivity contribution in [2.75, 3.05) is 13.1 Å². The number of benzene rings is 1. The van der Waals surface area contributed by atoms with Crippen LogP contribution in [-0.2, 0) is 20.8 Å². The Kier molecular flexibility index (Phi) is 9.92. The van der Waals surface area contributed by atoms with Crippen LogP contribution in [0.15, 0.2) is 19.7 Å². The Morgan fingerprint density at radius 2 is 1.55 bits per heavy atom. The molecule has 0 unspecified atom stereocenters. The molecule has 2 heterocycles. The van der Waals surface area contributed by atoms with Gasteiger partial charge >= 0.3 is 17.6 Å². The average molecular weight is 557 g/mol. The maximum Gasteiger partial charge on any atom is 0.339 e. The molecule has 2 aromatic heterocycles. The van der Waals surface area contributed by atoms with E-state index in [9.17, 15) is 24.0 Å². The van der Waals surface area contributed by atoms with Crippen LogP contribution < -0.4 is 27.3 Å². The lowest BCUT2D eigenvalue weighted by atomic mass is 9.98. The van der Waals surface area contributed by atoms with Gasteiger partial charge < -0.3 is 35.6 Å². The number of hydrogen-bond acceptors (Lipinski definition) is 7. The lowest BCUT2D eigenvalue weighted by Crippen LogP contribution is -2.47. The summed E-state index contributed by atoms with van der Waals surface area (Å²) < 4.78 is 11.5. The van der Waals surface area contributed by atoms with E-state index in [1.54, 1.807) is 0 Å². The number of carboxylic acid groups (broad SMARTS) is 1. The fraction of sp³-hybridized carbons (Fsp3) is 0.464. The minimum absolute atomic E-state index is 0.0650. The van der Waals surface area contributed by atoms with Crippen LogP contribution in [0, 0.1) is 27.7 Å². The molecule has 12 nitrogen and oxygen atoms in total. The first kappa shape index (κ1) is 30.2. The summed E-state index contributed by atoms with van der Waals surface area (Å²) in [6, 6.07) is 0.331. The molecule has 0 aliphatic heterocycles. The van der Waals surface area contributed by atoms with Crippen molar-refractivity contribution in [2.24, 2.45) is 5.73 Å². The number of furan rings is 1. The number of fused-ring (bicyclic) bond motifs is 2. The van der Waals surface area contributed by atoms with Gasteiger partial charge in [-0.25, -0.2) is 9.59 Å². The van der Waals surface area contributed by atoms with Gasteiger partial charge in [0.15, 0.2) is 0 Å². The Hall–Kier alpha value is -4.35. The zero-order valence-electron chi connectivity index (χ0n) is 23.2. The Balaban J connectivity index is 1.73. The van der Waals surface area contributed by atoms with Crippen LogP contribution in [0.4, 0.5) is 4.79 Å². The number of carbonyl (C=O) groups is 4. The maximum atomic E-state index is 12.9. The van der Waals surface area contributed by atoms with Crippen molar-refractivity contribution in [1.29, 1.82) is 0 Å². The van der Waals surface area contributed by atoms with Crippen LogP contribution in [-0.4, -0.2) is 48.1 Å². The summed E-state index contributed by atoms with van der Waals surface area (Å²) >= 11 is 0. The standard InChI is InChI=1S/C28H36N4O8/c1-14-17(4)39-24-16(3)25-20(13-19(14)24)15(2)18(27(37)40-25)9-10-22(33)32-21(7-5-12-31-28(29)38)26(36)30-11-6-8-23(34)35/h13,21H,5-12H2,1-4H3,(H,30,36)(H,32,33)(H,34,35)(H3,29,31,38)/t21-/m0/s1. The van der Waals surface area contributed by atoms with Crippen molar-refractivity contribution in [1.82, 2.24) is 16.0 Å². The topological polar surface area (TPSA) is 194 Å². The average Bonchev–Trinajstić information content (AvgIpc) is 3.17. The third-order valence-electron chi connectivity index (χ3n) is 7.03. The number of carbonyl (C=O) groups excluding carboxylic acids is 3. The van der Waals surface area contributed by atoms with Crippen LogP contribution in [0.2, 0.25) is 0 Å². The highest BCUT2D eigenvalue weighted by Gasteiger charge is 2.22. The molecule has 3 rings (SSSR count). The lowest BCUT2D eigenvalue weighted by Gasteiger charge is -2.19. The number of amides is 4. The summed E-state index contributed by atoms with van der Waals surface area (Å²) in [5, 5.41) is 18.2. The zero-order valence-corrected chi connectivity index (χ0v) is 23.2. The van der Waals surface area contributed by atoms with E-state index < -0.39 is 35.5 Å². The van der Waals surface area contributed by atoms with Crippen LogP contribution in [0.1, 0.15) is 60.1 Å². The number of primary amides is 1. The molecule has 216 valence electrons. The largest absolute Gasteiger partial charge is 0.481 e. The zero-order chi connectivity index (χ0) is 29.6. The van der Waals surface area contributed by atoms with Gasteiger partial charge in [-0.3, -0.25) is 14.4 Å². The fourth-order valence-corrected chi connectivity index (χ4v) is 4.65. The second kappa shape index (κ2) is 13.1. The van der Waals surface area contributed by atoms with E-state index in [-0.39, 0.29) is 45.2 Å². The summed E-state index contributed by atoms with van der Waals surface area (Å²) in [7, 11) is 0. The number of nitrogens with one attached hydrogen (secondary N) is 3. The normalized spacial score (nSPS) is 11.9. The number of urea groups is 1. The van der Waals surface area contributed by atoms with E-state index in [0.717, 1.165) is 27.7 Å². The van der Waals surface area contributed by atoms with E-state index in [1.165, 1.54) is 0 Å². The van der Waals surface area contributed by atoms with Crippen molar-refractivity contribution in [3.63, 3.8) is 0 Å². The molecular weight excluding hydrogens is 520 g/mol. The third-order valence-corrected chi connectivity index (χ3v) is 7.03. The van der Waals surface area contributed by atoms with Crippen LogP contribution in [0.25, 0.3) is 21.9 Å². The molecule has 0 saturated heterocycles. The van der Waals surface area contributed by atoms with Crippen molar-refractivity contribution in [3.05, 3.63) is 44.5 Å². The molecule has 4 amide bonds.